The maximum atomic E-state index is 12.5. The quantitative estimate of drug-likeness (QED) is 0.826. The summed E-state index contributed by atoms with van der Waals surface area (Å²) in [5.74, 6) is 0.263. The Morgan fingerprint density at radius 3 is 2.50 bits per heavy atom. The zero-order valence-electron chi connectivity index (χ0n) is 14.7. The molecule has 0 aliphatic carbocycles. The number of rotatable bonds is 4. The van der Waals surface area contributed by atoms with Crippen molar-refractivity contribution in [3.63, 3.8) is 0 Å². The first-order valence-corrected chi connectivity index (χ1v) is 9.63. The van der Waals surface area contributed by atoms with Crippen LogP contribution in [0.5, 0.6) is 0 Å². The van der Waals surface area contributed by atoms with Gasteiger partial charge in [0.2, 0.25) is 11.8 Å². The van der Waals surface area contributed by atoms with Gasteiger partial charge in [0.1, 0.15) is 0 Å². The molecule has 3 saturated heterocycles. The second-order valence-corrected chi connectivity index (χ2v) is 7.47. The van der Waals surface area contributed by atoms with Crippen molar-refractivity contribution in [2.24, 2.45) is 0 Å². The van der Waals surface area contributed by atoms with Gasteiger partial charge in [-0.1, -0.05) is 12.8 Å². The van der Waals surface area contributed by atoms with Gasteiger partial charge in [-0.15, -0.1) is 0 Å². The fraction of sp³-hybridized carbons (Fsp3) is 0.889. The summed E-state index contributed by atoms with van der Waals surface area (Å²) in [6.45, 7) is 4.45. The van der Waals surface area contributed by atoms with Crippen molar-refractivity contribution in [2.45, 2.75) is 63.5 Å². The Morgan fingerprint density at radius 1 is 1.00 bits per heavy atom. The van der Waals surface area contributed by atoms with E-state index in [1.165, 1.54) is 19.3 Å². The highest BCUT2D eigenvalue weighted by Gasteiger charge is 2.37. The number of likely N-dealkylation sites (tertiary alicyclic amines) is 3. The van der Waals surface area contributed by atoms with Gasteiger partial charge in [0, 0.05) is 39.0 Å². The van der Waals surface area contributed by atoms with E-state index in [2.05, 4.69) is 4.90 Å². The van der Waals surface area contributed by atoms with Gasteiger partial charge in [0.25, 0.3) is 0 Å². The summed E-state index contributed by atoms with van der Waals surface area (Å²) >= 11 is 0. The molecule has 0 unspecified atom stereocenters. The van der Waals surface area contributed by atoms with Crippen LogP contribution in [0, 0.1) is 0 Å². The summed E-state index contributed by atoms with van der Waals surface area (Å²) < 4.78 is 0. The minimum Gasteiger partial charge on any atom is -0.390 e. The van der Waals surface area contributed by atoms with Crippen LogP contribution in [-0.4, -0.2) is 83.0 Å². The number of aliphatic hydroxyl groups is 1. The normalized spacial score (nSPS) is 29.8. The smallest absolute Gasteiger partial charge is 0.224 e. The highest BCUT2D eigenvalue weighted by Crippen LogP contribution is 2.21. The molecule has 3 aliphatic heterocycles. The molecule has 0 bridgehead atoms. The van der Waals surface area contributed by atoms with Crippen LogP contribution in [0.3, 0.4) is 0 Å². The maximum absolute atomic E-state index is 12.5. The van der Waals surface area contributed by atoms with Crippen LogP contribution in [0.2, 0.25) is 0 Å². The average molecular weight is 337 g/mol. The molecule has 3 fully saturated rings. The Bertz CT molecular complexity index is 451. The molecule has 0 aromatic rings. The lowest BCUT2D eigenvalue weighted by Gasteiger charge is -2.33. The third kappa shape index (κ3) is 4.28. The van der Waals surface area contributed by atoms with E-state index in [9.17, 15) is 14.7 Å². The van der Waals surface area contributed by atoms with Crippen LogP contribution in [0.15, 0.2) is 0 Å². The molecule has 3 heterocycles. The van der Waals surface area contributed by atoms with Crippen LogP contribution >= 0.6 is 0 Å². The van der Waals surface area contributed by atoms with Crippen LogP contribution in [0.4, 0.5) is 0 Å². The zero-order chi connectivity index (χ0) is 16.9. The summed E-state index contributed by atoms with van der Waals surface area (Å²) in [7, 11) is 0. The molecule has 1 N–H and O–H groups in total. The number of nitrogens with zero attached hydrogens (tertiary/aromatic N) is 3. The Balaban J connectivity index is 1.47. The van der Waals surface area contributed by atoms with Gasteiger partial charge in [-0.05, 0) is 38.8 Å². The Hall–Kier alpha value is -1.14. The minimum atomic E-state index is -0.438. The van der Waals surface area contributed by atoms with Crippen molar-refractivity contribution < 1.29 is 14.7 Å². The number of β-amino-alcohol motifs (C(OH)–C–C–N with tert-alkyl or cyclic N) is 1. The summed E-state index contributed by atoms with van der Waals surface area (Å²) in [6.07, 6.45) is 7.32. The van der Waals surface area contributed by atoms with Crippen molar-refractivity contribution in [1.29, 1.82) is 0 Å². The highest BCUT2D eigenvalue weighted by atomic mass is 16.3. The number of carbonyl (C=O) groups is 2. The summed E-state index contributed by atoms with van der Waals surface area (Å²) in [5, 5.41) is 10.4. The van der Waals surface area contributed by atoms with E-state index in [4.69, 9.17) is 0 Å². The molecule has 136 valence electrons. The minimum absolute atomic E-state index is 0.0746. The molecule has 0 aromatic heterocycles. The second-order valence-electron chi connectivity index (χ2n) is 7.47. The molecule has 3 aliphatic rings. The lowest BCUT2D eigenvalue weighted by atomic mass is 10.1. The molecule has 0 radical (unpaired) electrons. The lowest BCUT2D eigenvalue weighted by Crippen LogP contribution is -2.46. The van der Waals surface area contributed by atoms with Crippen molar-refractivity contribution >= 4 is 11.8 Å². The topological polar surface area (TPSA) is 64.1 Å². The fourth-order valence-corrected chi connectivity index (χ4v) is 4.25. The summed E-state index contributed by atoms with van der Waals surface area (Å²) in [5.41, 5.74) is 0. The van der Waals surface area contributed by atoms with Crippen molar-refractivity contribution in [2.75, 3.05) is 39.3 Å². The van der Waals surface area contributed by atoms with E-state index >= 15 is 0 Å². The van der Waals surface area contributed by atoms with Crippen molar-refractivity contribution in [1.82, 2.24) is 14.7 Å². The average Bonchev–Trinajstić information content (AvgIpc) is 2.87. The van der Waals surface area contributed by atoms with E-state index in [0.29, 0.717) is 32.5 Å². The van der Waals surface area contributed by atoms with Gasteiger partial charge >= 0.3 is 0 Å². The molecule has 6 heteroatoms. The van der Waals surface area contributed by atoms with Crippen LogP contribution in [0.1, 0.15) is 51.4 Å². The number of hydrogen-bond acceptors (Lipinski definition) is 4. The third-order valence-electron chi connectivity index (χ3n) is 5.74. The number of hydrogen-bond donors (Lipinski definition) is 1. The Morgan fingerprint density at radius 2 is 1.71 bits per heavy atom. The monoisotopic (exact) mass is 337 g/mol. The Kier molecular flexibility index (Phi) is 6.11. The summed E-state index contributed by atoms with van der Waals surface area (Å²) in [6, 6.07) is 0.0917. The molecular formula is C18H31N3O3. The molecule has 2 atom stereocenters. The van der Waals surface area contributed by atoms with Crippen molar-refractivity contribution in [3.05, 3.63) is 0 Å². The first-order valence-electron chi connectivity index (χ1n) is 9.63. The molecular weight excluding hydrogens is 306 g/mol. The van der Waals surface area contributed by atoms with Crippen LogP contribution in [0.25, 0.3) is 0 Å². The van der Waals surface area contributed by atoms with Crippen LogP contribution in [-0.2, 0) is 9.59 Å². The lowest BCUT2D eigenvalue weighted by molar-refractivity contribution is -0.133. The first-order chi connectivity index (χ1) is 11.6. The molecule has 0 spiro atoms. The Labute approximate surface area is 144 Å². The van der Waals surface area contributed by atoms with Crippen LogP contribution < -0.4 is 0 Å². The highest BCUT2D eigenvalue weighted by molar-refractivity contribution is 5.79. The summed E-state index contributed by atoms with van der Waals surface area (Å²) in [4.78, 5) is 30.5. The SMILES string of the molecule is O=C1CCCCCN1CCC(=O)N1C[C@H](O)[C@@H](N2CCCCC2)C1. The van der Waals surface area contributed by atoms with Gasteiger partial charge in [0.05, 0.1) is 12.1 Å². The molecule has 3 rings (SSSR count). The van der Waals surface area contributed by atoms with Gasteiger partial charge < -0.3 is 14.9 Å². The molecule has 6 nitrogen and oxygen atoms in total. The van der Waals surface area contributed by atoms with E-state index in [0.717, 1.165) is 38.9 Å². The third-order valence-corrected chi connectivity index (χ3v) is 5.74. The zero-order valence-corrected chi connectivity index (χ0v) is 14.7. The van der Waals surface area contributed by atoms with E-state index in [1.54, 1.807) is 4.90 Å². The van der Waals surface area contributed by atoms with Gasteiger partial charge in [-0.2, -0.15) is 0 Å². The number of amides is 2. The van der Waals surface area contributed by atoms with Crippen molar-refractivity contribution in [3.8, 4) is 0 Å². The fourth-order valence-electron chi connectivity index (χ4n) is 4.25. The predicted octanol–water partition coefficient (Wildman–Crippen LogP) is 0.837. The predicted molar refractivity (Wildman–Crippen MR) is 91.5 cm³/mol. The van der Waals surface area contributed by atoms with E-state index in [1.807, 2.05) is 4.90 Å². The molecule has 24 heavy (non-hydrogen) atoms. The largest absolute Gasteiger partial charge is 0.390 e. The maximum Gasteiger partial charge on any atom is 0.224 e. The molecule has 2 amide bonds. The van der Waals surface area contributed by atoms with Gasteiger partial charge in [0.15, 0.2) is 0 Å². The standard InChI is InChI=1S/C18H31N3O3/c22-16-14-21(13-15(16)19-9-5-2-6-10-19)18(24)8-12-20-11-4-1-3-7-17(20)23/h15-16,22H,1-14H2/t15-,16-/m0/s1. The number of piperidine rings is 1. The number of aliphatic hydroxyl groups excluding tert-OH is 1. The van der Waals surface area contributed by atoms with E-state index in [-0.39, 0.29) is 17.9 Å². The number of carbonyl (C=O) groups excluding carboxylic acids is 2. The van der Waals surface area contributed by atoms with Gasteiger partial charge in [-0.25, -0.2) is 0 Å². The molecule has 0 aromatic carbocycles. The first kappa shape index (κ1) is 17.7. The van der Waals surface area contributed by atoms with Gasteiger partial charge in [-0.3, -0.25) is 14.5 Å². The second kappa shape index (κ2) is 8.30. The van der Waals surface area contributed by atoms with E-state index < -0.39 is 6.10 Å². The molecule has 0 saturated carbocycles.